The number of nitrogens with one attached hydrogen (secondary N) is 1. The molecular weight excluding hydrogens is 138 g/mol. The molecule has 0 aromatic rings. The molecule has 4 heteroatoms. The van der Waals surface area contributed by atoms with Crippen molar-refractivity contribution in [3.05, 3.63) is 10.5 Å². The van der Waals surface area contributed by atoms with Gasteiger partial charge in [-0.1, -0.05) is 0 Å². The Morgan fingerprint density at radius 3 is 2.11 bits per heavy atom. The smallest absolute Gasteiger partial charge is 0.259 e. The van der Waals surface area contributed by atoms with Crippen LogP contribution in [0, 0.1) is 0 Å². The summed E-state index contributed by atoms with van der Waals surface area (Å²) in [4.78, 5) is 11.3. The zero-order chi connectivity index (χ0) is 7.02. The molecule has 1 atom stereocenters. The van der Waals surface area contributed by atoms with E-state index in [1.54, 1.807) is 13.8 Å². The molecule has 0 aromatic carbocycles. The lowest BCUT2D eigenvalue weighted by atomic mass is 10.3. The molecule has 0 fully saturated rings. The van der Waals surface area contributed by atoms with Crippen LogP contribution in [-0.4, -0.2) is 10.1 Å². The summed E-state index contributed by atoms with van der Waals surface area (Å²) in [5.41, 5.74) is 0.577. The molecule has 1 aliphatic rings. The molecule has 1 aliphatic heterocycles. The van der Waals surface area contributed by atoms with E-state index in [9.17, 15) is 9.00 Å². The third-order valence-electron chi connectivity index (χ3n) is 1.33. The number of allylic oxidation sites excluding steroid dienone is 1. The molecule has 0 radical (unpaired) electrons. The summed E-state index contributed by atoms with van der Waals surface area (Å²) in [6.07, 6.45) is 0. The number of rotatable bonds is 0. The molecule has 1 rings (SSSR count). The summed E-state index contributed by atoms with van der Waals surface area (Å²) in [7, 11) is -1.25. The minimum absolute atomic E-state index is 0.217. The van der Waals surface area contributed by atoms with Crippen LogP contribution in [0.15, 0.2) is 10.5 Å². The summed E-state index contributed by atoms with van der Waals surface area (Å²) < 4.78 is 13.0. The largest absolute Gasteiger partial charge is 0.269 e. The molecular formula is C5H7NO2S. The fraction of sp³-hybridized carbons (Fsp3) is 0.400. The van der Waals surface area contributed by atoms with Crippen molar-refractivity contribution in [3.63, 3.8) is 0 Å². The van der Waals surface area contributed by atoms with Gasteiger partial charge in [-0.05, 0) is 13.8 Å². The van der Waals surface area contributed by atoms with Crippen molar-refractivity contribution in [2.24, 2.45) is 0 Å². The first kappa shape index (κ1) is 6.48. The van der Waals surface area contributed by atoms with E-state index in [4.69, 9.17) is 0 Å². The van der Waals surface area contributed by atoms with Crippen molar-refractivity contribution in [2.75, 3.05) is 0 Å². The maximum atomic E-state index is 10.7. The lowest BCUT2D eigenvalue weighted by Gasteiger charge is -1.86. The van der Waals surface area contributed by atoms with Gasteiger partial charge in [-0.25, -0.2) is 4.21 Å². The van der Waals surface area contributed by atoms with Gasteiger partial charge in [0.1, 0.15) is 11.0 Å². The van der Waals surface area contributed by atoms with E-state index in [2.05, 4.69) is 4.72 Å². The maximum absolute atomic E-state index is 10.7. The minimum Gasteiger partial charge on any atom is -0.269 e. The van der Waals surface area contributed by atoms with Gasteiger partial charge >= 0.3 is 0 Å². The Labute approximate surface area is 55.7 Å². The Morgan fingerprint density at radius 2 is 2.00 bits per heavy atom. The Morgan fingerprint density at radius 1 is 1.44 bits per heavy atom. The molecule has 1 N–H and O–H groups in total. The van der Waals surface area contributed by atoms with E-state index in [0.29, 0.717) is 10.5 Å². The maximum Gasteiger partial charge on any atom is 0.259 e. The molecule has 3 nitrogen and oxygen atoms in total. The van der Waals surface area contributed by atoms with Crippen LogP contribution in [0.1, 0.15) is 13.8 Å². The summed E-state index contributed by atoms with van der Waals surface area (Å²) >= 11 is 0. The summed E-state index contributed by atoms with van der Waals surface area (Å²) in [6, 6.07) is 0. The van der Waals surface area contributed by atoms with Gasteiger partial charge < -0.3 is 0 Å². The molecule has 0 aliphatic carbocycles. The minimum atomic E-state index is -1.25. The van der Waals surface area contributed by atoms with E-state index in [-0.39, 0.29) is 5.91 Å². The van der Waals surface area contributed by atoms with E-state index in [0.717, 1.165) is 0 Å². The van der Waals surface area contributed by atoms with Gasteiger partial charge in [-0.2, -0.15) is 0 Å². The van der Waals surface area contributed by atoms with Crippen molar-refractivity contribution in [1.29, 1.82) is 0 Å². The van der Waals surface area contributed by atoms with Gasteiger partial charge in [-0.3, -0.25) is 9.52 Å². The van der Waals surface area contributed by atoms with Crippen LogP contribution >= 0.6 is 0 Å². The lowest BCUT2D eigenvalue weighted by molar-refractivity contribution is -0.115. The Bertz CT molecular complexity index is 197. The Kier molecular flexibility index (Phi) is 1.40. The van der Waals surface area contributed by atoms with Crippen LogP contribution in [0.25, 0.3) is 0 Å². The van der Waals surface area contributed by atoms with Gasteiger partial charge in [-0.15, -0.1) is 0 Å². The zero-order valence-corrected chi connectivity index (χ0v) is 6.04. The van der Waals surface area contributed by atoms with Gasteiger partial charge in [0.05, 0.1) is 0 Å². The van der Waals surface area contributed by atoms with Crippen LogP contribution < -0.4 is 4.72 Å². The fourth-order valence-electron chi connectivity index (χ4n) is 0.536. The highest BCUT2D eigenvalue weighted by atomic mass is 32.2. The van der Waals surface area contributed by atoms with Crippen LogP contribution in [0.2, 0.25) is 0 Å². The molecule has 0 saturated heterocycles. The molecule has 0 bridgehead atoms. The number of hydrogen-bond acceptors (Lipinski definition) is 2. The highest BCUT2D eigenvalue weighted by Crippen LogP contribution is 2.12. The van der Waals surface area contributed by atoms with Gasteiger partial charge in [0.25, 0.3) is 5.91 Å². The summed E-state index contributed by atoms with van der Waals surface area (Å²) in [6.45, 7) is 3.35. The van der Waals surface area contributed by atoms with Gasteiger partial charge in [0.15, 0.2) is 0 Å². The summed E-state index contributed by atoms with van der Waals surface area (Å²) in [5.74, 6) is -0.217. The third kappa shape index (κ3) is 0.896. The standard InChI is InChI=1S/C5H7NO2S/c1-3-4(2)9(8)6-5(3)7/h1-2H3,(H,6,7). The SMILES string of the molecule is CC1=C(C)S(=O)NC1=O. The molecule has 0 aromatic heterocycles. The molecule has 9 heavy (non-hydrogen) atoms. The second-order valence-corrected chi connectivity index (χ2v) is 3.24. The van der Waals surface area contributed by atoms with E-state index < -0.39 is 11.0 Å². The van der Waals surface area contributed by atoms with Gasteiger partial charge in [0.2, 0.25) is 0 Å². The Balaban J connectivity index is 3.06. The fourth-order valence-corrected chi connectivity index (χ4v) is 1.38. The lowest BCUT2D eigenvalue weighted by Crippen LogP contribution is -2.17. The molecule has 1 amide bonds. The van der Waals surface area contributed by atoms with Crippen LogP contribution in [-0.2, 0) is 15.8 Å². The number of carbonyl (C=O) groups is 1. The van der Waals surface area contributed by atoms with Crippen LogP contribution in [0.5, 0.6) is 0 Å². The van der Waals surface area contributed by atoms with Crippen molar-refractivity contribution in [1.82, 2.24) is 4.72 Å². The zero-order valence-electron chi connectivity index (χ0n) is 5.22. The number of carbonyl (C=O) groups excluding carboxylic acids is 1. The van der Waals surface area contributed by atoms with Crippen molar-refractivity contribution in [2.45, 2.75) is 13.8 Å². The summed E-state index contributed by atoms with van der Waals surface area (Å²) in [5, 5.41) is 0. The quantitative estimate of drug-likeness (QED) is 0.524. The Hall–Kier alpha value is -0.640. The van der Waals surface area contributed by atoms with Crippen LogP contribution in [0.3, 0.4) is 0 Å². The predicted molar refractivity (Wildman–Crippen MR) is 34.7 cm³/mol. The molecule has 0 spiro atoms. The van der Waals surface area contributed by atoms with Gasteiger partial charge in [0, 0.05) is 10.5 Å². The van der Waals surface area contributed by atoms with E-state index in [1.807, 2.05) is 0 Å². The molecule has 1 heterocycles. The predicted octanol–water partition coefficient (Wildman–Crippen LogP) is 0.0738. The first-order valence-electron chi connectivity index (χ1n) is 2.53. The second-order valence-electron chi connectivity index (χ2n) is 1.88. The first-order valence-corrected chi connectivity index (χ1v) is 3.68. The monoisotopic (exact) mass is 145 g/mol. The normalized spacial score (nSPS) is 26.9. The molecule has 50 valence electrons. The number of hydrogen-bond donors (Lipinski definition) is 1. The third-order valence-corrected chi connectivity index (χ3v) is 2.57. The van der Waals surface area contributed by atoms with Crippen molar-refractivity contribution in [3.8, 4) is 0 Å². The first-order chi connectivity index (χ1) is 4.13. The average Bonchev–Trinajstić information content (AvgIpc) is 1.98. The van der Waals surface area contributed by atoms with Crippen molar-refractivity contribution >= 4 is 16.9 Å². The van der Waals surface area contributed by atoms with E-state index in [1.165, 1.54) is 0 Å². The second kappa shape index (κ2) is 1.95. The average molecular weight is 145 g/mol. The molecule has 1 unspecified atom stereocenters. The van der Waals surface area contributed by atoms with Crippen molar-refractivity contribution < 1.29 is 9.00 Å². The molecule has 0 saturated carbocycles. The van der Waals surface area contributed by atoms with Crippen LogP contribution in [0.4, 0.5) is 0 Å². The topological polar surface area (TPSA) is 46.2 Å². The number of amides is 1. The highest BCUT2D eigenvalue weighted by molar-refractivity contribution is 7.88. The van der Waals surface area contributed by atoms with E-state index >= 15 is 0 Å². The highest BCUT2D eigenvalue weighted by Gasteiger charge is 2.21.